The molecular formula is C22H34IN5O. The van der Waals surface area contributed by atoms with E-state index in [2.05, 4.69) is 58.8 Å². The summed E-state index contributed by atoms with van der Waals surface area (Å²) in [5.41, 5.74) is 3.58. The fraction of sp³-hybridized carbons (Fsp3) is 0.545. The number of halogens is 1. The molecule has 2 N–H and O–H groups in total. The van der Waals surface area contributed by atoms with Crippen molar-refractivity contribution in [1.29, 1.82) is 0 Å². The molecule has 160 valence electrons. The highest BCUT2D eigenvalue weighted by Crippen LogP contribution is 2.14. The van der Waals surface area contributed by atoms with E-state index in [1.165, 1.54) is 43.5 Å². The first-order valence-electron chi connectivity index (χ1n) is 10.5. The van der Waals surface area contributed by atoms with Crippen LogP contribution in [-0.4, -0.2) is 35.7 Å². The fourth-order valence-corrected chi connectivity index (χ4v) is 3.41. The Kier molecular flexibility index (Phi) is 10.5. The quantitative estimate of drug-likeness (QED) is 0.318. The summed E-state index contributed by atoms with van der Waals surface area (Å²) in [6.07, 6.45) is 4.93. The lowest BCUT2D eigenvalue weighted by Gasteiger charge is -2.26. The molecule has 0 amide bonds. The summed E-state index contributed by atoms with van der Waals surface area (Å²) in [7, 11) is 0. The third-order valence-corrected chi connectivity index (χ3v) is 5.04. The van der Waals surface area contributed by atoms with E-state index in [1.807, 2.05) is 6.07 Å². The number of rotatable bonds is 8. The maximum Gasteiger partial charge on any atom is 0.191 e. The first-order valence-corrected chi connectivity index (χ1v) is 10.5. The van der Waals surface area contributed by atoms with Gasteiger partial charge in [-0.05, 0) is 50.4 Å². The monoisotopic (exact) mass is 511 g/mol. The Hall–Kier alpha value is -1.61. The molecule has 0 aliphatic carbocycles. The Bertz CT molecular complexity index is 738. The molecule has 1 saturated heterocycles. The number of likely N-dealkylation sites (tertiary alicyclic amines) is 1. The highest BCUT2D eigenvalue weighted by molar-refractivity contribution is 14.0. The molecule has 6 nitrogen and oxygen atoms in total. The average molecular weight is 511 g/mol. The van der Waals surface area contributed by atoms with E-state index in [1.54, 1.807) is 0 Å². The Balaban J connectivity index is 0.00000300. The molecular weight excluding hydrogens is 477 g/mol. The van der Waals surface area contributed by atoms with Crippen LogP contribution >= 0.6 is 24.0 Å². The minimum atomic E-state index is 0. The number of benzene rings is 1. The number of aliphatic imine (C=N–C) groups is 1. The Morgan fingerprint density at radius 2 is 1.79 bits per heavy atom. The lowest BCUT2D eigenvalue weighted by molar-refractivity contribution is 0.221. The van der Waals surface area contributed by atoms with Gasteiger partial charge in [0.05, 0.1) is 18.8 Å². The SMILES string of the molecule is CCNC(=NCc1ccc(CN2CCCCC2)cc1)NCc1cc(CC)no1.I. The summed E-state index contributed by atoms with van der Waals surface area (Å²) in [4.78, 5) is 7.25. The molecule has 7 heteroatoms. The number of piperidine rings is 1. The van der Waals surface area contributed by atoms with Crippen LogP contribution in [0.2, 0.25) is 0 Å². The van der Waals surface area contributed by atoms with Crippen molar-refractivity contribution in [2.45, 2.75) is 59.2 Å². The van der Waals surface area contributed by atoms with Crippen molar-refractivity contribution in [3.63, 3.8) is 0 Å². The normalized spacial score (nSPS) is 15.0. The summed E-state index contributed by atoms with van der Waals surface area (Å²) in [5.74, 6) is 1.61. The summed E-state index contributed by atoms with van der Waals surface area (Å²) in [6, 6.07) is 10.8. The molecule has 0 saturated carbocycles. The Morgan fingerprint density at radius 3 is 2.45 bits per heavy atom. The van der Waals surface area contributed by atoms with Crippen LogP contribution in [0.25, 0.3) is 0 Å². The first-order chi connectivity index (χ1) is 13.8. The summed E-state index contributed by atoms with van der Waals surface area (Å²) in [5, 5.41) is 10.6. The van der Waals surface area contributed by atoms with Crippen molar-refractivity contribution in [3.8, 4) is 0 Å². The van der Waals surface area contributed by atoms with Crippen LogP contribution in [0.3, 0.4) is 0 Å². The van der Waals surface area contributed by atoms with E-state index < -0.39 is 0 Å². The maximum absolute atomic E-state index is 5.32. The lowest BCUT2D eigenvalue weighted by Crippen LogP contribution is -2.36. The van der Waals surface area contributed by atoms with Gasteiger partial charge in [-0.1, -0.05) is 42.8 Å². The van der Waals surface area contributed by atoms with E-state index in [4.69, 9.17) is 9.52 Å². The molecule has 3 rings (SSSR count). The molecule has 0 unspecified atom stereocenters. The number of aryl methyl sites for hydroxylation is 1. The third-order valence-electron chi connectivity index (χ3n) is 5.04. The van der Waals surface area contributed by atoms with Gasteiger partial charge < -0.3 is 15.2 Å². The number of hydrogen-bond acceptors (Lipinski definition) is 4. The van der Waals surface area contributed by atoms with Crippen LogP contribution in [0.15, 0.2) is 39.8 Å². The van der Waals surface area contributed by atoms with Gasteiger partial charge in [0, 0.05) is 19.2 Å². The minimum absolute atomic E-state index is 0. The van der Waals surface area contributed by atoms with E-state index in [0.717, 1.165) is 36.9 Å². The van der Waals surface area contributed by atoms with Crippen LogP contribution in [0, 0.1) is 0 Å². The zero-order valence-electron chi connectivity index (χ0n) is 17.6. The van der Waals surface area contributed by atoms with Gasteiger partial charge in [-0.15, -0.1) is 24.0 Å². The molecule has 1 aliphatic heterocycles. The molecule has 1 aromatic carbocycles. The molecule has 29 heavy (non-hydrogen) atoms. The standard InChI is InChI=1S/C22H33N5O.HI/c1-3-20-14-21(28-26-20)16-25-22(23-4-2)24-15-18-8-10-19(11-9-18)17-27-12-6-5-7-13-27;/h8-11,14H,3-7,12-13,15-17H2,1-2H3,(H2,23,24,25);1H. The molecule has 0 spiro atoms. The van der Waals surface area contributed by atoms with Gasteiger partial charge in [-0.2, -0.15) is 0 Å². The van der Waals surface area contributed by atoms with Crippen LogP contribution in [0.4, 0.5) is 0 Å². The van der Waals surface area contributed by atoms with Gasteiger partial charge >= 0.3 is 0 Å². The third kappa shape index (κ3) is 7.97. The van der Waals surface area contributed by atoms with Gasteiger partial charge in [0.15, 0.2) is 11.7 Å². The lowest BCUT2D eigenvalue weighted by atomic mass is 10.1. The van der Waals surface area contributed by atoms with Crippen molar-refractivity contribution < 1.29 is 4.52 Å². The molecule has 0 radical (unpaired) electrons. The molecule has 1 aromatic heterocycles. The zero-order chi connectivity index (χ0) is 19.6. The number of aromatic nitrogens is 1. The van der Waals surface area contributed by atoms with Crippen molar-refractivity contribution >= 4 is 29.9 Å². The van der Waals surface area contributed by atoms with E-state index in [-0.39, 0.29) is 24.0 Å². The fourth-order valence-electron chi connectivity index (χ4n) is 3.41. The van der Waals surface area contributed by atoms with Gasteiger partial charge in [0.25, 0.3) is 0 Å². The average Bonchev–Trinajstić information content (AvgIpc) is 3.20. The number of nitrogens with one attached hydrogen (secondary N) is 2. The van der Waals surface area contributed by atoms with Gasteiger partial charge in [0.1, 0.15) is 0 Å². The van der Waals surface area contributed by atoms with Gasteiger partial charge in [-0.3, -0.25) is 4.90 Å². The molecule has 2 heterocycles. The molecule has 1 aliphatic rings. The Labute approximate surface area is 191 Å². The topological polar surface area (TPSA) is 65.7 Å². The van der Waals surface area contributed by atoms with Crippen LogP contribution in [0.1, 0.15) is 55.7 Å². The smallest absolute Gasteiger partial charge is 0.191 e. The molecule has 1 fully saturated rings. The van der Waals surface area contributed by atoms with Gasteiger partial charge in [0.2, 0.25) is 0 Å². The first kappa shape index (κ1) is 23.7. The highest BCUT2D eigenvalue weighted by Gasteiger charge is 2.10. The van der Waals surface area contributed by atoms with Crippen molar-refractivity contribution in [2.75, 3.05) is 19.6 Å². The Morgan fingerprint density at radius 1 is 1.07 bits per heavy atom. The van der Waals surface area contributed by atoms with E-state index in [9.17, 15) is 0 Å². The maximum atomic E-state index is 5.32. The molecule has 0 bridgehead atoms. The second-order valence-corrected chi connectivity index (χ2v) is 7.34. The summed E-state index contributed by atoms with van der Waals surface area (Å²) >= 11 is 0. The minimum Gasteiger partial charge on any atom is -0.359 e. The second kappa shape index (κ2) is 12.8. The highest BCUT2D eigenvalue weighted by atomic mass is 127. The van der Waals surface area contributed by atoms with Crippen molar-refractivity contribution in [1.82, 2.24) is 20.7 Å². The van der Waals surface area contributed by atoms with Gasteiger partial charge in [-0.25, -0.2) is 4.99 Å². The number of guanidine groups is 1. The second-order valence-electron chi connectivity index (χ2n) is 7.34. The van der Waals surface area contributed by atoms with Crippen LogP contribution in [0.5, 0.6) is 0 Å². The summed E-state index contributed by atoms with van der Waals surface area (Å²) < 4.78 is 5.32. The molecule has 0 atom stereocenters. The summed E-state index contributed by atoms with van der Waals surface area (Å²) in [6.45, 7) is 9.70. The van der Waals surface area contributed by atoms with Crippen molar-refractivity contribution in [2.24, 2.45) is 4.99 Å². The zero-order valence-corrected chi connectivity index (χ0v) is 19.9. The van der Waals surface area contributed by atoms with E-state index >= 15 is 0 Å². The van der Waals surface area contributed by atoms with Crippen LogP contribution < -0.4 is 10.6 Å². The number of hydrogen-bond donors (Lipinski definition) is 2. The number of nitrogens with zero attached hydrogens (tertiary/aromatic N) is 3. The predicted octanol–water partition coefficient (Wildman–Crippen LogP) is 4.10. The largest absolute Gasteiger partial charge is 0.359 e. The van der Waals surface area contributed by atoms with E-state index in [0.29, 0.717) is 13.1 Å². The van der Waals surface area contributed by atoms with Crippen molar-refractivity contribution in [3.05, 3.63) is 52.9 Å². The molecule has 2 aromatic rings. The predicted molar refractivity (Wildman–Crippen MR) is 129 cm³/mol. The van der Waals surface area contributed by atoms with Crippen LogP contribution in [-0.2, 0) is 26.1 Å².